The molecule has 0 N–H and O–H groups in total. The van der Waals surface area contributed by atoms with Gasteiger partial charge in [0.25, 0.3) is 0 Å². The van der Waals surface area contributed by atoms with Gasteiger partial charge in [-0.05, 0) is 79.5 Å². The van der Waals surface area contributed by atoms with E-state index in [-0.39, 0.29) is 5.54 Å². The maximum atomic E-state index is 13.3. The zero-order chi connectivity index (χ0) is 18.4. The molecule has 2 saturated carbocycles. The number of carbonyl (C=O) groups excluding carboxylic acids is 1. The molecule has 146 valence electrons. The molecular weight excluding hydrogens is 334 g/mol. The van der Waals surface area contributed by atoms with Gasteiger partial charge in [0.2, 0.25) is 5.91 Å². The molecule has 3 heteroatoms. The van der Waals surface area contributed by atoms with Crippen molar-refractivity contribution < 1.29 is 9.53 Å². The number of fused-ring (bicyclic) bond motifs is 1. The van der Waals surface area contributed by atoms with E-state index in [1.54, 1.807) is 7.11 Å². The van der Waals surface area contributed by atoms with Crippen LogP contribution >= 0.6 is 0 Å². The van der Waals surface area contributed by atoms with Crippen molar-refractivity contribution >= 4 is 5.91 Å². The second kappa shape index (κ2) is 6.83. The number of benzene rings is 1. The van der Waals surface area contributed by atoms with Crippen LogP contribution in [0.1, 0.15) is 75.3 Å². The Morgan fingerprint density at radius 3 is 2.78 bits per heavy atom. The van der Waals surface area contributed by atoms with Gasteiger partial charge in [0, 0.05) is 13.0 Å². The topological polar surface area (TPSA) is 29.5 Å². The molecule has 3 nitrogen and oxygen atoms in total. The Kier molecular flexibility index (Phi) is 4.44. The Labute approximate surface area is 163 Å². The predicted molar refractivity (Wildman–Crippen MR) is 107 cm³/mol. The van der Waals surface area contributed by atoms with Crippen LogP contribution in [0.2, 0.25) is 0 Å². The highest BCUT2D eigenvalue weighted by molar-refractivity contribution is 5.79. The lowest BCUT2D eigenvalue weighted by molar-refractivity contribution is -0.158. The third-order valence-corrected chi connectivity index (χ3v) is 8.19. The SMILES string of the molecule is COc1ccc2c(c1)C[C@@H]1CCC[C@@]23[C@@H]1CCC(=O)N3CC1CCCCC1. The van der Waals surface area contributed by atoms with Crippen molar-refractivity contribution in [2.45, 2.75) is 76.2 Å². The van der Waals surface area contributed by atoms with E-state index < -0.39 is 0 Å². The number of amides is 1. The number of hydrogen-bond acceptors (Lipinski definition) is 2. The van der Waals surface area contributed by atoms with Crippen molar-refractivity contribution in [2.75, 3.05) is 13.7 Å². The van der Waals surface area contributed by atoms with Gasteiger partial charge in [-0.1, -0.05) is 31.7 Å². The molecule has 1 saturated heterocycles. The van der Waals surface area contributed by atoms with E-state index in [9.17, 15) is 4.79 Å². The van der Waals surface area contributed by atoms with E-state index in [1.807, 2.05) is 0 Å². The molecule has 0 radical (unpaired) electrons. The quantitative estimate of drug-likeness (QED) is 0.747. The van der Waals surface area contributed by atoms with Crippen molar-refractivity contribution in [3.05, 3.63) is 29.3 Å². The standard InChI is InChI=1S/C24H33NO2/c1-27-20-9-10-22-19(15-20)14-18-8-5-13-24(22)21(18)11-12-23(26)25(24)16-17-6-3-2-4-7-17/h9-10,15,17-18,21H,2-8,11-14,16H2,1H3/t18-,21+,24+/m0/s1. The first kappa shape index (κ1) is 17.6. The third kappa shape index (κ3) is 2.72. The lowest BCUT2D eigenvalue weighted by Crippen LogP contribution is -2.63. The number of ether oxygens (including phenoxy) is 1. The van der Waals surface area contributed by atoms with E-state index in [0.29, 0.717) is 17.7 Å². The first-order chi connectivity index (χ1) is 13.2. The van der Waals surface area contributed by atoms with Crippen LogP contribution in [-0.2, 0) is 16.8 Å². The lowest BCUT2D eigenvalue weighted by Gasteiger charge is -2.61. The molecule has 1 aromatic rings. The first-order valence-electron chi connectivity index (χ1n) is 11.2. The molecule has 0 unspecified atom stereocenters. The van der Waals surface area contributed by atoms with Gasteiger partial charge in [-0.2, -0.15) is 0 Å². The fourth-order valence-electron chi connectivity index (χ4n) is 7.04. The second-order valence-electron chi connectivity index (χ2n) is 9.46. The van der Waals surface area contributed by atoms with Crippen LogP contribution in [0.25, 0.3) is 0 Å². The number of piperidine rings is 1. The minimum Gasteiger partial charge on any atom is -0.497 e. The van der Waals surface area contributed by atoms with Crippen LogP contribution in [0.4, 0.5) is 0 Å². The van der Waals surface area contributed by atoms with Crippen LogP contribution in [0, 0.1) is 17.8 Å². The van der Waals surface area contributed by atoms with E-state index in [1.165, 1.54) is 62.5 Å². The average molecular weight is 368 g/mol. The van der Waals surface area contributed by atoms with Crippen molar-refractivity contribution in [3.8, 4) is 5.75 Å². The van der Waals surface area contributed by atoms with Crippen molar-refractivity contribution in [3.63, 3.8) is 0 Å². The summed E-state index contributed by atoms with van der Waals surface area (Å²) in [6.45, 7) is 0.994. The fourth-order valence-corrected chi connectivity index (χ4v) is 7.04. The Morgan fingerprint density at radius 2 is 1.96 bits per heavy atom. The number of carbonyl (C=O) groups is 1. The number of methoxy groups -OCH3 is 1. The number of rotatable bonds is 3. The number of nitrogens with zero attached hydrogens (tertiary/aromatic N) is 1. The van der Waals surface area contributed by atoms with E-state index in [0.717, 1.165) is 37.5 Å². The van der Waals surface area contributed by atoms with E-state index in [2.05, 4.69) is 23.1 Å². The molecular formula is C24H33NO2. The van der Waals surface area contributed by atoms with E-state index >= 15 is 0 Å². The molecule has 1 amide bonds. The summed E-state index contributed by atoms with van der Waals surface area (Å²) in [7, 11) is 1.76. The van der Waals surface area contributed by atoms with Crippen molar-refractivity contribution in [1.82, 2.24) is 4.90 Å². The molecule has 4 aliphatic rings. The highest BCUT2D eigenvalue weighted by Gasteiger charge is 2.57. The molecule has 3 fully saturated rings. The molecule has 5 rings (SSSR count). The summed E-state index contributed by atoms with van der Waals surface area (Å²) in [5.41, 5.74) is 2.86. The van der Waals surface area contributed by atoms with Gasteiger partial charge in [0.1, 0.15) is 5.75 Å². The maximum Gasteiger partial charge on any atom is 0.223 e. The van der Waals surface area contributed by atoms with Crippen LogP contribution in [0.3, 0.4) is 0 Å². The Bertz CT molecular complexity index is 723. The zero-order valence-corrected chi connectivity index (χ0v) is 16.7. The Hall–Kier alpha value is -1.51. The first-order valence-corrected chi connectivity index (χ1v) is 11.2. The molecule has 0 spiro atoms. The van der Waals surface area contributed by atoms with Gasteiger partial charge in [-0.25, -0.2) is 0 Å². The van der Waals surface area contributed by atoms with Crippen LogP contribution in [-0.4, -0.2) is 24.5 Å². The fraction of sp³-hybridized carbons (Fsp3) is 0.708. The summed E-state index contributed by atoms with van der Waals surface area (Å²) in [4.78, 5) is 15.6. The third-order valence-electron chi connectivity index (χ3n) is 8.19. The largest absolute Gasteiger partial charge is 0.497 e. The molecule has 1 heterocycles. The molecule has 2 bridgehead atoms. The van der Waals surface area contributed by atoms with Gasteiger partial charge in [-0.3, -0.25) is 4.79 Å². The molecule has 3 atom stereocenters. The predicted octanol–water partition coefficient (Wildman–Crippen LogP) is 5.07. The summed E-state index contributed by atoms with van der Waals surface area (Å²) >= 11 is 0. The van der Waals surface area contributed by atoms with Gasteiger partial charge >= 0.3 is 0 Å². The smallest absolute Gasteiger partial charge is 0.223 e. The molecule has 0 aromatic heterocycles. The molecule has 27 heavy (non-hydrogen) atoms. The van der Waals surface area contributed by atoms with Crippen LogP contribution in [0.5, 0.6) is 5.75 Å². The van der Waals surface area contributed by atoms with Crippen molar-refractivity contribution in [2.24, 2.45) is 17.8 Å². The monoisotopic (exact) mass is 367 g/mol. The summed E-state index contributed by atoms with van der Waals surface area (Å²) in [5.74, 6) is 3.48. The Balaban J connectivity index is 1.58. The van der Waals surface area contributed by atoms with E-state index in [4.69, 9.17) is 4.74 Å². The summed E-state index contributed by atoms with van der Waals surface area (Å²) in [6, 6.07) is 6.68. The maximum absolute atomic E-state index is 13.3. The van der Waals surface area contributed by atoms with Gasteiger partial charge in [-0.15, -0.1) is 0 Å². The minimum atomic E-state index is -0.0322. The van der Waals surface area contributed by atoms with Crippen LogP contribution in [0.15, 0.2) is 18.2 Å². The summed E-state index contributed by atoms with van der Waals surface area (Å²) in [5, 5.41) is 0. The second-order valence-corrected chi connectivity index (χ2v) is 9.46. The summed E-state index contributed by atoms with van der Waals surface area (Å²) < 4.78 is 5.53. The van der Waals surface area contributed by atoms with Gasteiger partial charge in [0.15, 0.2) is 0 Å². The number of likely N-dealkylation sites (tertiary alicyclic amines) is 1. The number of hydrogen-bond donors (Lipinski definition) is 0. The minimum absolute atomic E-state index is 0.0322. The average Bonchev–Trinajstić information content (AvgIpc) is 2.70. The van der Waals surface area contributed by atoms with Crippen molar-refractivity contribution in [1.29, 1.82) is 0 Å². The molecule has 1 aliphatic heterocycles. The highest BCUT2D eigenvalue weighted by atomic mass is 16.5. The normalized spacial score (nSPS) is 33.4. The highest BCUT2D eigenvalue weighted by Crippen LogP contribution is 2.58. The van der Waals surface area contributed by atoms with Gasteiger partial charge in [0.05, 0.1) is 12.6 Å². The summed E-state index contributed by atoms with van der Waals surface area (Å²) in [6.07, 6.45) is 13.5. The lowest BCUT2D eigenvalue weighted by atomic mass is 9.54. The molecule has 3 aliphatic carbocycles. The van der Waals surface area contributed by atoms with Crippen LogP contribution < -0.4 is 4.74 Å². The molecule has 1 aromatic carbocycles. The van der Waals surface area contributed by atoms with Gasteiger partial charge < -0.3 is 9.64 Å². The Morgan fingerprint density at radius 1 is 1.11 bits per heavy atom. The zero-order valence-electron chi connectivity index (χ0n) is 16.7.